The molecule has 0 unspecified atom stereocenters. The van der Waals surface area contributed by atoms with Gasteiger partial charge in [0.05, 0.1) is 5.02 Å². The molecule has 20 heavy (non-hydrogen) atoms. The molecule has 2 aromatic carbocycles. The Morgan fingerprint density at radius 2 is 2.00 bits per heavy atom. The van der Waals surface area contributed by atoms with Crippen LogP contribution in [-0.2, 0) is 4.79 Å². The molecule has 0 saturated carbocycles. The first-order valence-corrected chi connectivity index (χ1v) is 6.07. The van der Waals surface area contributed by atoms with Crippen LogP contribution in [0.3, 0.4) is 0 Å². The molecule has 0 heterocycles. The van der Waals surface area contributed by atoms with Crippen molar-refractivity contribution >= 4 is 23.6 Å². The number of hydrogen-bond donors (Lipinski definition) is 1. The van der Waals surface area contributed by atoms with Crippen LogP contribution in [0.5, 0.6) is 11.5 Å². The van der Waals surface area contributed by atoms with Gasteiger partial charge in [-0.3, -0.25) is 0 Å². The highest BCUT2D eigenvalue weighted by molar-refractivity contribution is 6.30. The molecule has 2 rings (SSSR count). The van der Waals surface area contributed by atoms with Crippen LogP contribution < -0.4 is 4.74 Å². The van der Waals surface area contributed by atoms with Gasteiger partial charge < -0.3 is 9.84 Å². The number of carbonyl (C=O) groups is 1. The lowest BCUT2D eigenvalue weighted by molar-refractivity contribution is -0.131. The summed E-state index contributed by atoms with van der Waals surface area (Å²) in [5, 5.41) is 8.64. The SMILES string of the molecule is O=C(O)/C=C\c1ccccc1Oc1ccc(Cl)c(F)c1. The smallest absolute Gasteiger partial charge is 0.328 e. The third-order valence-corrected chi connectivity index (χ3v) is 2.75. The van der Waals surface area contributed by atoms with Crippen LogP contribution in [0.15, 0.2) is 48.5 Å². The van der Waals surface area contributed by atoms with E-state index in [0.717, 1.165) is 6.08 Å². The van der Waals surface area contributed by atoms with Crippen molar-refractivity contribution in [2.45, 2.75) is 0 Å². The monoisotopic (exact) mass is 292 g/mol. The Balaban J connectivity index is 2.29. The fourth-order valence-corrected chi connectivity index (χ4v) is 1.66. The zero-order valence-electron chi connectivity index (χ0n) is 10.2. The minimum Gasteiger partial charge on any atom is -0.478 e. The lowest BCUT2D eigenvalue weighted by Crippen LogP contribution is -1.90. The topological polar surface area (TPSA) is 46.5 Å². The van der Waals surface area contributed by atoms with Crippen molar-refractivity contribution in [2.24, 2.45) is 0 Å². The van der Waals surface area contributed by atoms with Crippen LogP contribution >= 0.6 is 11.6 Å². The van der Waals surface area contributed by atoms with Crippen molar-refractivity contribution in [3.8, 4) is 11.5 Å². The molecule has 0 aliphatic heterocycles. The van der Waals surface area contributed by atoms with Crippen LogP contribution in [-0.4, -0.2) is 11.1 Å². The molecule has 3 nitrogen and oxygen atoms in total. The van der Waals surface area contributed by atoms with Crippen LogP contribution in [0.1, 0.15) is 5.56 Å². The molecule has 1 N–H and O–H groups in total. The van der Waals surface area contributed by atoms with Crippen LogP contribution in [0, 0.1) is 5.82 Å². The number of carboxylic acids is 1. The number of halogens is 2. The first-order valence-electron chi connectivity index (χ1n) is 5.69. The molecule has 0 spiro atoms. The molecule has 2 aromatic rings. The Morgan fingerprint density at radius 3 is 2.70 bits per heavy atom. The van der Waals surface area contributed by atoms with E-state index in [1.54, 1.807) is 24.3 Å². The van der Waals surface area contributed by atoms with Gasteiger partial charge in [-0.1, -0.05) is 29.8 Å². The molecule has 0 bridgehead atoms. The normalized spacial score (nSPS) is 10.7. The first kappa shape index (κ1) is 14.1. The molecule has 0 radical (unpaired) electrons. The molecule has 0 aromatic heterocycles. The molecule has 0 aliphatic rings. The van der Waals surface area contributed by atoms with E-state index in [9.17, 15) is 9.18 Å². The maximum atomic E-state index is 13.3. The van der Waals surface area contributed by atoms with Gasteiger partial charge in [0.1, 0.15) is 17.3 Å². The lowest BCUT2D eigenvalue weighted by atomic mass is 10.2. The number of ether oxygens (including phenoxy) is 1. The summed E-state index contributed by atoms with van der Waals surface area (Å²) in [5.41, 5.74) is 0.574. The molecule has 5 heteroatoms. The Hall–Kier alpha value is -2.33. The van der Waals surface area contributed by atoms with Gasteiger partial charge in [0.15, 0.2) is 0 Å². The van der Waals surface area contributed by atoms with Crippen molar-refractivity contribution < 1.29 is 19.0 Å². The quantitative estimate of drug-likeness (QED) is 0.851. The van der Waals surface area contributed by atoms with Crippen LogP contribution in [0.25, 0.3) is 6.08 Å². The zero-order valence-corrected chi connectivity index (χ0v) is 11.0. The van der Waals surface area contributed by atoms with Gasteiger partial charge in [-0.2, -0.15) is 0 Å². The summed E-state index contributed by atoms with van der Waals surface area (Å²) < 4.78 is 18.9. The molecular weight excluding hydrogens is 283 g/mol. The average molecular weight is 293 g/mol. The summed E-state index contributed by atoms with van der Waals surface area (Å²) in [6.45, 7) is 0. The highest BCUT2D eigenvalue weighted by atomic mass is 35.5. The van der Waals surface area contributed by atoms with Gasteiger partial charge in [-0.15, -0.1) is 0 Å². The second kappa shape index (κ2) is 6.21. The maximum absolute atomic E-state index is 13.3. The number of rotatable bonds is 4. The summed E-state index contributed by atoms with van der Waals surface area (Å²) in [7, 11) is 0. The van der Waals surface area contributed by atoms with E-state index in [2.05, 4.69) is 0 Å². The van der Waals surface area contributed by atoms with Gasteiger partial charge in [-0.05, 0) is 24.3 Å². The molecule has 0 amide bonds. The number of benzene rings is 2. The standard InChI is InChI=1S/C15H10ClFO3/c16-12-7-6-11(9-13(12)17)20-14-4-2-1-3-10(14)5-8-15(18)19/h1-9H,(H,18,19)/b8-5-. The Morgan fingerprint density at radius 1 is 1.25 bits per heavy atom. The summed E-state index contributed by atoms with van der Waals surface area (Å²) >= 11 is 5.59. The minimum atomic E-state index is -1.06. The van der Waals surface area contributed by atoms with E-state index < -0.39 is 11.8 Å². The van der Waals surface area contributed by atoms with Crippen molar-refractivity contribution in [3.63, 3.8) is 0 Å². The third kappa shape index (κ3) is 3.59. The van der Waals surface area contributed by atoms with Crippen molar-refractivity contribution in [3.05, 3.63) is 64.9 Å². The van der Waals surface area contributed by atoms with Gasteiger partial charge in [0.2, 0.25) is 0 Å². The van der Waals surface area contributed by atoms with E-state index >= 15 is 0 Å². The zero-order chi connectivity index (χ0) is 14.5. The molecule has 0 aliphatic carbocycles. The maximum Gasteiger partial charge on any atom is 0.328 e. The second-order valence-electron chi connectivity index (χ2n) is 3.89. The van der Waals surface area contributed by atoms with Crippen LogP contribution in [0.4, 0.5) is 4.39 Å². The Kier molecular flexibility index (Phi) is 4.38. The van der Waals surface area contributed by atoms with Crippen molar-refractivity contribution in [2.75, 3.05) is 0 Å². The molecular formula is C15H10ClFO3. The fraction of sp³-hybridized carbons (Fsp3) is 0. The highest BCUT2D eigenvalue weighted by Crippen LogP contribution is 2.28. The van der Waals surface area contributed by atoms with Gasteiger partial charge in [0, 0.05) is 17.7 Å². The van der Waals surface area contributed by atoms with Crippen LogP contribution in [0.2, 0.25) is 5.02 Å². The van der Waals surface area contributed by atoms with E-state index in [0.29, 0.717) is 11.3 Å². The lowest BCUT2D eigenvalue weighted by Gasteiger charge is -2.09. The third-order valence-electron chi connectivity index (χ3n) is 2.44. The van der Waals surface area contributed by atoms with Crippen molar-refractivity contribution in [1.82, 2.24) is 0 Å². The van der Waals surface area contributed by atoms with Gasteiger partial charge in [-0.25, -0.2) is 9.18 Å². The summed E-state index contributed by atoms with van der Waals surface area (Å²) in [4.78, 5) is 10.5. The molecule has 102 valence electrons. The first-order chi connectivity index (χ1) is 9.56. The van der Waals surface area contributed by atoms with E-state index in [-0.39, 0.29) is 10.8 Å². The number of carboxylic acid groups (broad SMARTS) is 1. The summed E-state index contributed by atoms with van der Waals surface area (Å²) in [6.07, 6.45) is 2.41. The number of para-hydroxylation sites is 1. The van der Waals surface area contributed by atoms with Gasteiger partial charge >= 0.3 is 5.97 Å². The predicted molar refractivity (Wildman–Crippen MR) is 74.6 cm³/mol. The molecule has 0 fully saturated rings. The molecule has 0 atom stereocenters. The summed E-state index contributed by atoms with van der Waals surface area (Å²) in [5.74, 6) is -0.935. The predicted octanol–water partition coefficient (Wildman–Crippen LogP) is 4.37. The summed E-state index contributed by atoms with van der Waals surface area (Å²) in [6, 6.07) is 10.9. The highest BCUT2D eigenvalue weighted by Gasteiger charge is 2.05. The second-order valence-corrected chi connectivity index (χ2v) is 4.29. The average Bonchev–Trinajstić information content (AvgIpc) is 2.42. The number of aliphatic carboxylic acids is 1. The minimum absolute atomic E-state index is 0.0106. The van der Waals surface area contributed by atoms with E-state index in [4.69, 9.17) is 21.4 Å². The van der Waals surface area contributed by atoms with Gasteiger partial charge in [0.25, 0.3) is 0 Å². The fourth-order valence-electron chi connectivity index (χ4n) is 1.54. The van der Waals surface area contributed by atoms with E-state index in [1.807, 2.05) is 0 Å². The number of hydrogen-bond acceptors (Lipinski definition) is 2. The Labute approximate surface area is 119 Å². The van der Waals surface area contributed by atoms with Crippen molar-refractivity contribution in [1.29, 1.82) is 0 Å². The van der Waals surface area contributed by atoms with E-state index in [1.165, 1.54) is 24.3 Å². The largest absolute Gasteiger partial charge is 0.478 e. The Bertz CT molecular complexity index is 668. The molecule has 0 saturated heterocycles.